The molecule has 0 aliphatic heterocycles. The Kier molecular flexibility index (Phi) is 3.62. The van der Waals surface area contributed by atoms with Crippen LogP contribution in [0.2, 0.25) is 0 Å². The van der Waals surface area contributed by atoms with Crippen LogP contribution < -0.4 is 5.73 Å². The number of hydrogen-bond donors (Lipinski definition) is 1. The quantitative estimate of drug-likeness (QED) is 0.802. The van der Waals surface area contributed by atoms with Crippen LogP contribution in [-0.4, -0.2) is 16.3 Å². The Morgan fingerprint density at radius 1 is 1.53 bits per heavy atom. The summed E-state index contributed by atoms with van der Waals surface area (Å²) >= 11 is 1.45. The van der Waals surface area contributed by atoms with Crippen molar-refractivity contribution in [2.24, 2.45) is 5.73 Å². The van der Waals surface area contributed by atoms with E-state index in [9.17, 15) is 4.79 Å². The van der Waals surface area contributed by atoms with Gasteiger partial charge >= 0.3 is 0 Å². The maximum Gasteiger partial charge on any atom is 0.194 e. The summed E-state index contributed by atoms with van der Waals surface area (Å²) in [7, 11) is 0. The van der Waals surface area contributed by atoms with E-state index in [4.69, 9.17) is 5.73 Å². The Labute approximate surface area is 94.7 Å². The van der Waals surface area contributed by atoms with Crippen molar-refractivity contribution in [1.82, 2.24) is 4.98 Å². The minimum Gasteiger partial charge on any atom is -0.319 e. The van der Waals surface area contributed by atoms with E-state index in [-0.39, 0.29) is 5.78 Å². The highest BCUT2D eigenvalue weighted by Crippen LogP contribution is 2.24. The highest BCUT2D eigenvalue weighted by atomic mass is 32.1. The van der Waals surface area contributed by atoms with Gasteiger partial charge in [-0.05, 0) is 26.7 Å². The first-order valence-electron chi connectivity index (χ1n) is 5.22. The average molecular weight is 226 g/mol. The SMILES string of the molecule is CCc1nc(C)sc1C(=O)C(C)(N)CC. The van der Waals surface area contributed by atoms with Crippen molar-refractivity contribution < 1.29 is 4.79 Å². The average Bonchev–Trinajstić information content (AvgIpc) is 2.58. The zero-order valence-corrected chi connectivity index (χ0v) is 10.6. The molecule has 0 aliphatic rings. The Hall–Kier alpha value is -0.740. The lowest BCUT2D eigenvalue weighted by atomic mass is 9.93. The van der Waals surface area contributed by atoms with Crippen LogP contribution in [-0.2, 0) is 6.42 Å². The van der Waals surface area contributed by atoms with Gasteiger partial charge in [0.1, 0.15) is 0 Å². The van der Waals surface area contributed by atoms with Gasteiger partial charge in [0.25, 0.3) is 0 Å². The normalized spacial score (nSPS) is 15.0. The summed E-state index contributed by atoms with van der Waals surface area (Å²) in [4.78, 5) is 17.2. The maximum atomic E-state index is 12.1. The lowest BCUT2D eigenvalue weighted by Crippen LogP contribution is -2.44. The number of aromatic nitrogens is 1. The van der Waals surface area contributed by atoms with E-state index < -0.39 is 5.54 Å². The maximum absolute atomic E-state index is 12.1. The molecule has 0 fully saturated rings. The molecule has 1 atom stereocenters. The van der Waals surface area contributed by atoms with Gasteiger partial charge < -0.3 is 5.73 Å². The van der Waals surface area contributed by atoms with E-state index in [0.29, 0.717) is 6.42 Å². The molecule has 0 radical (unpaired) electrons. The van der Waals surface area contributed by atoms with Gasteiger partial charge in [0, 0.05) is 0 Å². The third-order valence-electron chi connectivity index (χ3n) is 2.60. The van der Waals surface area contributed by atoms with Crippen LogP contribution in [0.25, 0.3) is 0 Å². The molecule has 0 amide bonds. The van der Waals surface area contributed by atoms with E-state index in [1.54, 1.807) is 6.92 Å². The Morgan fingerprint density at radius 2 is 2.13 bits per heavy atom. The number of nitrogens with zero attached hydrogens (tertiary/aromatic N) is 1. The third-order valence-corrected chi connectivity index (χ3v) is 3.61. The lowest BCUT2D eigenvalue weighted by Gasteiger charge is -2.20. The van der Waals surface area contributed by atoms with Gasteiger partial charge in [-0.2, -0.15) is 0 Å². The minimum atomic E-state index is -0.761. The molecule has 1 aromatic rings. The number of carbonyl (C=O) groups excluding carboxylic acids is 1. The summed E-state index contributed by atoms with van der Waals surface area (Å²) in [6.07, 6.45) is 1.43. The monoisotopic (exact) mass is 226 g/mol. The number of aryl methyl sites for hydroxylation is 2. The number of nitrogens with two attached hydrogens (primary N) is 1. The molecule has 0 spiro atoms. The summed E-state index contributed by atoms with van der Waals surface area (Å²) in [5, 5.41) is 0.933. The molecule has 0 saturated heterocycles. The van der Waals surface area contributed by atoms with E-state index >= 15 is 0 Å². The summed E-state index contributed by atoms with van der Waals surface area (Å²) in [6, 6.07) is 0. The van der Waals surface area contributed by atoms with Gasteiger partial charge in [0.2, 0.25) is 0 Å². The van der Waals surface area contributed by atoms with Gasteiger partial charge in [0.15, 0.2) is 5.78 Å². The summed E-state index contributed by atoms with van der Waals surface area (Å²) in [5.41, 5.74) is 6.07. The molecule has 1 heterocycles. The number of ketones is 1. The molecule has 84 valence electrons. The first-order chi connectivity index (χ1) is 6.92. The Morgan fingerprint density at radius 3 is 2.60 bits per heavy atom. The molecule has 0 saturated carbocycles. The molecule has 2 N–H and O–H groups in total. The van der Waals surface area contributed by atoms with Crippen LogP contribution in [0, 0.1) is 6.92 Å². The predicted molar refractivity (Wildman–Crippen MR) is 63.4 cm³/mol. The standard InChI is InChI=1S/C11H18N2OS/c1-5-8-9(15-7(3)13-8)10(14)11(4,12)6-2/h5-6,12H2,1-4H3. The molecular formula is C11H18N2OS. The fourth-order valence-electron chi connectivity index (χ4n) is 1.31. The van der Waals surface area contributed by atoms with E-state index in [2.05, 4.69) is 4.98 Å². The molecule has 15 heavy (non-hydrogen) atoms. The third kappa shape index (κ3) is 2.44. The summed E-state index contributed by atoms with van der Waals surface area (Å²) < 4.78 is 0. The highest BCUT2D eigenvalue weighted by Gasteiger charge is 2.30. The van der Waals surface area contributed by atoms with Crippen molar-refractivity contribution in [3.05, 3.63) is 15.6 Å². The van der Waals surface area contributed by atoms with Crippen molar-refractivity contribution in [3.8, 4) is 0 Å². The molecule has 0 aromatic carbocycles. The van der Waals surface area contributed by atoms with Crippen molar-refractivity contribution >= 4 is 17.1 Å². The van der Waals surface area contributed by atoms with Gasteiger partial charge in [-0.1, -0.05) is 13.8 Å². The molecule has 0 aliphatic carbocycles. The topological polar surface area (TPSA) is 56.0 Å². The summed E-state index contributed by atoms with van der Waals surface area (Å²) in [6.45, 7) is 7.63. The van der Waals surface area contributed by atoms with Crippen LogP contribution in [0.1, 0.15) is 47.6 Å². The van der Waals surface area contributed by atoms with Crippen molar-refractivity contribution in [3.63, 3.8) is 0 Å². The number of thiazole rings is 1. The largest absolute Gasteiger partial charge is 0.319 e. The van der Waals surface area contributed by atoms with E-state index in [0.717, 1.165) is 22.0 Å². The highest BCUT2D eigenvalue weighted by molar-refractivity contribution is 7.13. The van der Waals surface area contributed by atoms with Crippen LogP contribution in [0.5, 0.6) is 0 Å². The van der Waals surface area contributed by atoms with Gasteiger partial charge in [-0.15, -0.1) is 11.3 Å². The van der Waals surface area contributed by atoms with Crippen LogP contribution >= 0.6 is 11.3 Å². The molecule has 1 rings (SSSR count). The smallest absolute Gasteiger partial charge is 0.194 e. The second kappa shape index (κ2) is 4.41. The predicted octanol–water partition coefficient (Wildman–Crippen LogP) is 2.32. The zero-order valence-electron chi connectivity index (χ0n) is 9.76. The summed E-state index contributed by atoms with van der Waals surface area (Å²) in [5.74, 6) is 0.0208. The molecular weight excluding hydrogens is 208 g/mol. The zero-order chi connectivity index (χ0) is 11.6. The number of rotatable bonds is 4. The van der Waals surface area contributed by atoms with Gasteiger partial charge in [-0.3, -0.25) is 4.79 Å². The van der Waals surface area contributed by atoms with Gasteiger partial charge in [-0.25, -0.2) is 4.98 Å². The van der Waals surface area contributed by atoms with Crippen LogP contribution in [0.4, 0.5) is 0 Å². The Bertz CT molecular complexity index is 369. The molecule has 1 aromatic heterocycles. The first-order valence-corrected chi connectivity index (χ1v) is 6.04. The molecule has 3 nitrogen and oxygen atoms in total. The number of carbonyl (C=O) groups is 1. The lowest BCUT2D eigenvalue weighted by molar-refractivity contribution is 0.0901. The van der Waals surface area contributed by atoms with Gasteiger partial charge in [0.05, 0.1) is 21.1 Å². The van der Waals surface area contributed by atoms with Crippen LogP contribution in [0.3, 0.4) is 0 Å². The molecule has 4 heteroatoms. The fraction of sp³-hybridized carbons (Fsp3) is 0.636. The van der Waals surface area contributed by atoms with Crippen molar-refractivity contribution in [2.75, 3.05) is 0 Å². The molecule has 1 unspecified atom stereocenters. The Balaban J connectivity index is 3.10. The second-order valence-corrected chi connectivity index (χ2v) is 5.17. The minimum absolute atomic E-state index is 0.0208. The van der Waals surface area contributed by atoms with E-state index in [1.807, 2.05) is 20.8 Å². The molecule has 0 bridgehead atoms. The fourth-order valence-corrected chi connectivity index (χ4v) is 2.39. The van der Waals surface area contributed by atoms with Crippen molar-refractivity contribution in [2.45, 2.75) is 46.1 Å². The van der Waals surface area contributed by atoms with Crippen molar-refractivity contribution in [1.29, 1.82) is 0 Å². The van der Waals surface area contributed by atoms with Crippen LogP contribution in [0.15, 0.2) is 0 Å². The second-order valence-electron chi connectivity index (χ2n) is 3.96. The van der Waals surface area contributed by atoms with E-state index in [1.165, 1.54) is 11.3 Å². The number of Topliss-reactive ketones (excluding diaryl/α,β-unsaturated/α-hetero) is 1. The number of hydrogen-bond acceptors (Lipinski definition) is 4. The first kappa shape index (κ1) is 12.3.